The van der Waals surface area contributed by atoms with Crippen LogP contribution in [0.3, 0.4) is 0 Å². The Morgan fingerprint density at radius 1 is 1.32 bits per heavy atom. The van der Waals surface area contributed by atoms with Gasteiger partial charge in [-0.2, -0.15) is 4.57 Å². The molecule has 0 saturated carbocycles. The minimum absolute atomic E-state index is 0.0975. The quantitative estimate of drug-likeness (QED) is 0.0823. The summed E-state index contributed by atoms with van der Waals surface area (Å²) in [4.78, 5) is 57.9. The van der Waals surface area contributed by atoms with Gasteiger partial charge in [-0.15, -0.1) is 11.8 Å². The van der Waals surface area contributed by atoms with E-state index in [0.29, 0.717) is 11.4 Å². The van der Waals surface area contributed by atoms with Crippen molar-refractivity contribution in [3.63, 3.8) is 0 Å². The van der Waals surface area contributed by atoms with Gasteiger partial charge in [0, 0.05) is 30.6 Å². The summed E-state index contributed by atoms with van der Waals surface area (Å²) in [6.07, 6.45) is 6.13. The van der Waals surface area contributed by atoms with E-state index in [2.05, 4.69) is 25.4 Å². The highest BCUT2D eigenvalue weighted by molar-refractivity contribution is 8.00. The first-order valence-corrected chi connectivity index (χ1v) is 13.0. The van der Waals surface area contributed by atoms with E-state index in [1.54, 1.807) is 21.9 Å². The van der Waals surface area contributed by atoms with Gasteiger partial charge in [0.05, 0.1) is 31.1 Å². The number of hydrogen-bond acceptors (Lipinski definition) is 14. The number of carboxylic acids is 1. The third-order valence-corrected chi connectivity index (χ3v) is 7.34. The molecule has 1 saturated heterocycles. The molecular formula is C23H27N9O7S. The molecule has 0 aromatic carbocycles. The van der Waals surface area contributed by atoms with Gasteiger partial charge in [0.2, 0.25) is 11.9 Å². The summed E-state index contributed by atoms with van der Waals surface area (Å²) in [5, 5.41) is 36.3. The number of β-lactam (4-membered cyclic amide) rings is 1. The summed E-state index contributed by atoms with van der Waals surface area (Å²) in [5.41, 5.74) is 5.52. The first-order chi connectivity index (χ1) is 19.3. The maximum absolute atomic E-state index is 13.1. The van der Waals surface area contributed by atoms with E-state index in [1.165, 1.54) is 37.3 Å². The lowest BCUT2D eigenvalue weighted by molar-refractivity contribution is -0.688. The van der Waals surface area contributed by atoms with Crippen molar-refractivity contribution < 1.29 is 39.1 Å². The topological polar surface area (TPSA) is 223 Å². The first-order valence-electron chi connectivity index (χ1n) is 12.0. The minimum Gasteiger partial charge on any atom is -0.543 e. The summed E-state index contributed by atoms with van der Waals surface area (Å²) >= 11 is 1.28. The molecule has 212 valence electrons. The Morgan fingerprint density at radius 2 is 2.08 bits per heavy atom. The highest BCUT2D eigenvalue weighted by Crippen LogP contribution is 2.40. The third-order valence-electron chi connectivity index (χ3n) is 6.00. The Bertz CT molecular complexity index is 1350. The van der Waals surface area contributed by atoms with Crippen molar-refractivity contribution in [2.24, 2.45) is 5.16 Å². The zero-order chi connectivity index (χ0) is 28.8. The number of aliphatic carboxylic acids is 1. The number of carbonyl (C=O) groups excluding carboxylic acids is 3. The molecule has 0 spiro atoms. The largest absolute Gasteiger partial charge is 0.543 e. The molecule has 4 rings (SSSR count). The number of carbonyl (C=O) groups is 3. The van der Waals surface area contributed by atoms with Crippen molar-refractivity contribution in [1.82, 2.24) is 25.2 Å². The number of aliphatic hydroxyl groups excluding tert-OH is 2. The van der Waals surface area contributed by atoms with Crippen LogP contribution in [0.25, 0.3) is 0 Å². The number of carboxylic acid groups (broad SMARTS) is 1. The molecule has 2 atom stereocenters. The summed E-state index contributed by atoms with van der Waals surface area (Å²) in [5.74, 6) is -2.25. The van der Waals surface area contributed by atoms with Crippen LogP contribution in [-0.2, 0) is 25.8 Å². The van der Waals surface area contributed by atoms with Gasteiger partial charge in [0.25, 0.3) is 11.8 Å². The molecule has 1 unspecified atom stereocenters. The number of aliphatic hydroxyl groups is 2. The van der Waals surface area contributed by atoms with Crippen LogP contribution in [0.4, 0.5) is 11.6 Å². The lowest BCUT2D eigenvalue weighted by Gasteiger charge is -2.50. The minimum atomic E-state index is -1.52. The van der Waals surface area contributed by atoms with Gasteiger partial charge in [0.15, 0.2) is 24.4 Å². The highest BCUT2D eigenvalue weighted by atomic mass is 32.2. The molecule has 40 heavy (non-hydrogen) atoms. The molecule has 4 heterocycles. The van der Waals surface area contributed by atoms with Crippen molar-refractivity contribution in [1.29, 1.82) is 0 Å². The van der Waals surface area contributed by atoms with Crippen LogP contribution in [0.15, 0.2) is 47.3 Å². The van der Waals surface area contributed by atoms with Crippen LogP contribution >= 0.6 is 11.8 Å². The van der Waals surface area contributed by atoms with Gasteiger partial charge in [0.1, 0.15) is 24.3 Å². The normalized spacial score (nSPS) is 18.6. The number of oxime groups is 1. The Hall–Kier alpha value is -4.35. The van der Waals surface area contributed by atoms with E-state index in [9.17, 15) is 29.7 Å². The van der Waals surface area contributed by atoms with Crippen LogP contribution in [0.5, 0.6) is 0 Å². The van der Waals surface area contributed by atoms with Crippen molar-refractivity contribution >= 4 is 46.9 Å². The fraction of sp³-hybridized carbons (Fsp3) is 0.391. The second-order valence-corrected chi connectivity index (χ2v) is 9.65. The number of nitrogens with two attached hydrogens (primary N) is 1. The predicted molar refractivity (Wildman–Crippen MR) is 138 cm³/mol. The Balaban J connectivity index is 1.53. The van der Waals surface area contributed by atoms with Crippen molar-refractivity contribution in [2.45, 2.75) is 18.0 Å². The van der Waals surface area contributed by atoms with E-state index in [-0.39, 0.29) is 61.7 Å². The van der Waals surface area contributed by atoms with Gasteiger partial charge in [-0.05, 0) is 6.07 Å². The summed E-state index contributed by atoms with van der Waals surface area (Å²) in [6.45, 7) is 0.322. The molecular weight excluding hydrogens is 546 g/mol. The molecule has 0 radical (unpaired) electrons. The summed E-state index contributed by atoms with van der Waals surface area (Å²) < 4.78 is 1.69. The molecule has 1 fully saturated rings. The maximum Gasteiger partial charge on any atom is 0.278 e. The van der Waals surface area contributed by atoms with E-state index in [1.807, 2.05) is 0 Å². The Labute approximate surface area is 232 Å². The van der Waals surface area contributed by atoms with Crippen molar-refractivity contribution in [3.8, 4) is 0 Å². The number of nitrogens with one attached hydrogen (secondary N) is 1. The second-order valence-electron chi connectivity index (χ2n) is 8.55. The number of amides is 2. The lowest BCUT2D eigenvalue weighted by atomic mass is 10.0. The molecule has 5 N–H and O–H groups in total. The molecule has 2 amide bonds. The van der Waals surface area contributed by atoms with Crippen LogP contribution in [-0.4, -0.2) is 104 Å². The lowest BCUT2D eigenvalue weighted by Crippen LogP contribution is -2.71. The van der Waals surface area contributed by atoms with E-state index in [4.69, 9.17) is 10.6 Å². The average molecular weight is 574 g/mol. The van der Waals surface area contributed by atoms with Gasteiger partial charge in [-0.1, -0.05) is 5.16 Å². The number of rotatable bonds is 12. The standard InChI is InChI=1S/C23H27N9O7S/c1-39-29-16(19-26-3-2-14(24)27-19)20(35)28-17-21(36)32-18(23(37)38)13(12-40-22(17)32)10-30-5-4-25-15(11-30)31(6-8-33)7-9-34/h2-5,11,17,22,33-34H,6-10,12H2,1H3,(H3-,24,26,27,28,35,37,38)/b29-16-/t17?,22-/m1/s1. The zero-order valence-electron chi connectivity index (χ0n) is 21.3. The van der Waals surface area contributed by atoms with E-state index >= 15 is 0 Å². The number of fused-ring (bicyclic) bond motifs is 1. The van der Waals surface area contributed by atoms with Crippen LogP contribution in [0, 0.1) is 0 Å². The van der Waals surface area contributed by atoms with Crippen LogP contribution in [0.2, 0.25) is 0 Å². The van der Waals surface area contributed by atoms with E-state index in [0.717, 1.165) is 4.90 Å². The molecule has 2 aliphatic rings. The van der Waals surface area contributed by atoms with Gasteiger partial charge in [-0.3, -0.25) is 14.5 Å². The first kappa shape index (κ1) is 28.7. The Kier molecular flexibility index (Phi) is 9.08. The monoisotopic (exact) mass is 573 g/mol. The van der Waals surface area contributed by atoms with Gasteiger partial charge < -0.3 is 40.9 Å². The fourth-order valence-electron chi connectivity index (χ4n) is 4.25. The molecule has 17 heteroatoms. The number of nitrogen functional groups attached to an aromatic ring is 1. The predicted octanol–water partition coefficient (Wildman–Crippen LogP) is -4.01. The Morgan fingerprint density at radius 3 is 2.73 bits per heavy atom. The summed E-state index contributed by atoms with van der Waals surface area (Å²) in [6, 6.07) is 0.385. The van der Waals surface area contributed by atoms with E-state index < -0.39 is 29.2 Å². The zero-order valence-corrected chi connectivity index (χ0v) is 22.2. The smallest absolute Gasteiger partial charge is 0.278 e. The average Bonchev–Trinajstić information content (AvgIpc) is 2.94. The highest BCUT2D eigenvalue weighted by Gasteiger charge is 2.53. The molecule has 0 aliphatic carbocycles. The molecule has 0 bridgehead atoms. The van der Waals surface area contributed by atoms with Crippen molar-refractivity contribution in [2.75, 3.05) is 49.8 Å². The molecule has 2 aromatic heterocycles. The van der Waals surface area contributed by atoms with Crippen LogP contribution in [0.1, 0.15) is 5.82 Å². The summed E-state index contributed by atoms with van der Waals surface area (Å²) in [7, 11) is 1.23. The van der Waals surface area contributed by atoms with Crippen LogP contribution < -0.4 is 25.6 Å². The molecule has 16 nitrogen and oxygen atoms in total. The number of thioether (sulfide) groups is 1. The number of anilines is 2. The van der Waals surface area contributed by atoms with Gasteiger partial charge >= 0.3 is 0 Å². The fourth-order valence-corrected chi connectivity index (χ4v) is 5.58. The SMILES string of the molecule is CO/N=C(\C(=O)NC1C(=O)N2C(C(=O)[O-])=C(C[n+]3ccnc(N(CCO)CCO)c3)CS[C@H]12)c1nccc(N)n1. The van der Waals surface area contributed by atoms with Gasteiger partial charge in [-0.25, -0.2) is 15.0 Å². The third kappa shape index (κ3) is 5.95. The number of nitrogens with zero attached hydrogens (tertiary/aromatic N) is 7. The number of hydrogen-bond donors (Lipinski definition) is 4. The second kappa shape index (κ2) is 12.7. The van der Waals surface area contributed by atoms with Crippen molar-refractivity contribution in [3.05, 3.63) is 47.9 Å². The number of aromatic nitrogens is 4. The maximum atomic E-state index is 13.1. The molecule has 2 aliphatic heterocycles. The molecule has 2 aromatic rings.